The van der Waals surface area contributed by atoms with E-state index in [1.807, 2.05) is 12.1 Å². The number of carboxylic acid groups (broad SMARTS) is 1. The summed E-state index contributed by atoms with van der Waals surface area (Å²) in [6.45, 7) is 3.27. The Morgan fingerprint density at radius 2 is 2.00 bits per heavy atom. The summed E-state index contributed by atoms with van der Waals surface area (Å²) in [7, 11) is 0. The summed E-state index contributed by atoms with van der Waals surface area (Å²) < 4.78 is 0.972. The van der Waals surface area contributed by atoms with Crippen LogP contribution in [0.4, 0.5) is 5.82 Å². The topological polar surface area (TPSA) is 56.7 Å². The van der Waals surface area contributed by atoms with E-state index < -0.39 is 5.97 Å². The van der Waals surface area contributed by atoms with E-state index in [-0.39, 0.29) is 6.04 Å². The maximum Gasteiger partial charge on any atom is 0.321 e. The molecule has 2 aliphatic rings. The van der Waals surface area contributed by atoms with E-state index in [9.17, 15) is 9.90 Å². The molecule has 1 saturated carbocycles. The van der Waals surface area contributed by atoms with Gasteiger partial charge in [-0.3, -0.25) is 9.69 Å². The number of hydrogen-bond acceptors (Lipinski definition) is 4. The van der Waals surface area contributed by atoms with E-state index in [2.05, 4.69) is 30.7 Å². The van der Waals surface area contributed by atoms with Gasteiger partial charge in [-0.2, -0.15) is 0 Å². The molecular formula is C14H18BrN3O2. The Morgan fingerprint density at radius 1 is 1.30 bits per heavy atom. The highest BCUT2D eigenvalue weighted by Gasteiger charge is 2.41. The molecular weight excluding hydrogens is 322 g/mol. The molecule has 1 aliphatic heterocycles. The van der Waals surface area contributed by atoms with Crippen LogP contribution in [0, 0.1) is 5.92 Å². The van der Waals surface area contributed by atoms with Crippen LogP contribution in [0.1, 0.15) is 12.8 Å². The maximum absolute atomic E-state index is 11.4. The van der Waals surface area contributed by atoms with Crippen LogP contribution in [-0.4, -0.2) is 53.2 Å². The van der Waals surface area contributed by atoms with Gasteiger partial charge in [-0.05, 0) is 46.8 Å². The van der Waals surface area contributed by atoms with Crippen molar-refractivity contribution < 1.29 is 9.90 Å². The molecule has 0 spiro atoms. The van der Waals surface area contributed by atoms with Gasteiger partial charge in [0, 0.05) is 36.8 Å². The number of piperazine rings is 1. The first kappa shape index (κ1) is 13.8. The summed E-state index contributed by atoms with van der Waals surface area (Å²) in [5.74, 6) is 0.665. The van der Waals surface area contributed by atoms with Crippen molar-refractivity contribution in [1.82, 2.24) is 9.88 Å². The number of carbonyl (C=O) groups is 1. The average molecular weight is 340 g/mol. The van der Waals surface area contributed by atoms with E-state index in [1.165, 1.54) is 0 Å². The van der Waals surface area contributed by atoms with Crippen LogP contribution in [0.5, 0.6) is 0 Å². The van der Waals surface area contributed by atoms with Crippen LogP contribution < -0.4 is 4.90 Å². The molecule has 20 heavy (non-hydrogen) atoms. The van der Waals surface area contributed by atoms with Crippen molar-refractivity contribution in [2.24, 2.45) is 5.92 Å². The highest BCUT2D eigenvalue weighted by Crippen LogP contribution is 2.36. The molecule has 2 fully saturated rings. The van der Waals surface area contributed by atoms with E-state index in [0.717, 1.165) is 49.3 Å². The molecule has 0 aromatic carbocycles. The Hall–Kier alpha value is -1.14. The molecule has 2 heterocycles. The first-order valence-electron chi connectivity index (χ1n) is 6.98. The van der Waals surface area contributed by atoms with Gasteiger partial charge < -0.3 is 10.0 Å². The summed E-state index contributed by atoms with van der Waals surface area (Å²) >= 11 is 3.38. The molecule has 1 aromatic heterocycles. The van der Waals surface area contributed by atoms with Gasteiger partial charge in [-0.25, -0.2) is 4.98 Å². The highest BCUT2D eigenvalue weighted by molar-refractivity contribution is 9.10. The smallest absolute Gasteiger partial charge is 0.321 e. The molecule has 1 atom stereocenters. The van der Waals surface area contributed by atoms with Gasteiger partial charge in [-0.15, -0.1) is 0 Å². The van der Waals surface area contributed by atoms with Crippen LogP contribution in [0.2, 0.25) is 0 Å². The summed E-state index contributed by atoms with van der Waals surface area (Å²) in [5, 5.41) is 9.38. The molecule has 108 valence electrons. The lowest BCUT2D eigenvalue weighted by molar-refractivity contribution is -0.144. The van der Waals surface area contributed by atoms with Crippen molar-refractivity contribution in [3.8, 4) is 0 Å². The Morgan fingerprint density at radius 3 is 2.50 bits per heavy atom. The SMILES string of the molecule is O=C(O)C(C1CC1)N1CCN(c2ccc(Br)cn2)CC1. The van der Waals surface area contributed by atoms with E-state index in [4.69, 9.17) is 0 Å². The van der Waals surface area contributed by atoms with Gasteiger partial charge in [0.05, 0.1) is 0 Å². The highest BCUT2D eigenvalue weighted by atomic mass is 79.9. The molecule has 6 heteroatoms. The van der Waals surface area contributed by atoms with Gasteiger partial charge in [0.2, 0.25) is 0 Å². The van der Waals surface area contributed by atoms with Crippen molar-refractivity contribution in [3.05, 3.63) is 22.8 Å². The Kier molecular flexibility index (Phi) is 3.94. The minimum Gasteiger partial charge on any atom is -0.480 e. The number of pyridine rings is 1. The average Bonchev–Trinajstić information content (AvgIpc) is 3.25. The first-order chi connectivity index (χ1) is 9.65. The minimum atomic E-state index is -0.664. The Labute approximate surface area is 126 Å². The maximum atomic E-state index is 11.4. The van der Waals surface area contributed by atoms with Crippen LogP contribution >= 0.6 is 15.9 Å². The standard InChI is InChI=1S/C14H18BrN3O2/c15-11-3-4-12(16-9-11)17-5-7-18(8-6-17)13(14(19)20)10-1-2-10/h3-4,9-10,13H,1-2,5-8H2,(H,19,20). The lowest BCUT2D eigenvalue weighted by atomic mass is 10.1. The van der Waals surface area contributed by atoms with Crippen molar-refractivity contribution in [2.45, 2.75) is 18.9 Å². The van der Waals surface area contributed by atoms with Gasteiger partial charge >= 0.3 is 5.97 Å². The number of anilines is 1. The fourth-order valence-corrected chi connectivity index (χ4v) is 3.09. The quantitative estimate of drug-likeness (QED) is 0.906. The Bertz CT molecular complexity index is 482. The number of halogens is 1. The summed E-state index contributed by atoms with van der Waals surface area (Å²) in [6, 6.07) is 3.70. The third-order valence-corrected chi connectivity index (χ3v) is 4.53. The van der Waals surface area contributed by atoms with E-state index in [0.29, 0.717) is 5.92 Å². The van der Waals surface area contributed by atoms with Crippen LogP contribution in [0.25, 0.3) is 0 Å². The zero-order valence-corrected chi connectivity index (χ0v) is 12.8. The van der Waals surface area contributed by atoms with E-state index in [1.54, 1.807) is 6.20 Å². The minimum absolute atomic E-state index is 0.282. The molecule has 1 aliphatic carbocycles. The number of hydrogen-bond donors (Lipinski definition) is 1. The van der Waals surface area contributed by atoms with Crippen molar-refractivity contribution >= 4 is 27.7 Å². The predicted molar refractivity (Wildman–Crippen MR) is 79.9 cm³/mol. The zero-order chi connectivity index (χ0) is 14.1. The van der Waals surface area contributed by atoms with Gasteiger partial charge in [0.1, 0.15) is 11.9 Å². The van der Waals surface area contributed by atoms with Gasteiger partial charge in [0.25, 0.3) is 0 Å². The predicted octanol–water partition coefficient (Wildman–Crippen LogP) is 1.83. The summed E-state index contributed by atoms with van der Waals surface area (Å²) in [6.07, 6.45) is 3.92. The number of aromatic nitrogens is 1. The Balaban J connectivity index is 1.61. The monoisotopic (exact) mass is 339 g/mol. The second-order valence-corrected chi connectivity index (χ2v) is 6.39. The number of rotatable bonds is 4. The van der Waals surface area contributed by atoms with E-state index >= 15 is 0 Å². The molecule has 3 rings (SSSR count). The third kappa shape index (κ3) is 2.96. The van der Waals surface area contributed by atoms with Crippen LogP contribution in [-0.2, 0) is 4.79 Å². The van der Waals surface area contributed by atoms with Crippen LogP contribution in [0.3, 0.4) is 0 Å². The summed E-state index contributed by atoms with van der Waals surface area (Å²) in [4.78, 5) is 20.1. The normalized spacial score (nSPS) is 21.8. The lowest BCUT2D eigenvalue weighted by Gasteiger charge is -2.38. The molecule has 0 radical (unpaired) electrons. The summed E-state index contributed by atoms with van der Waals surface area (Å²) in [5.41, 5.74) is 0. The molecule has 1 unspecified atom stereocenters. The largest absolute Gasteiger partial charge is 0.480 e. The molecule has 1 saturated heterocycles. The van der Waals surface area contributed by atoms with Crippen molar-refractivity contribution in [2.75, 3.05) is 31.1 Å². The fourth-order valence-electron chi connectivity index (χ4n) is 2.85. The molecule has 1 N–H and O–H groups in total. The second-order valence-electron chi connectivity index (χ2n) is 5.48. The number of carboxylic acids is 1. The number of aliphatic carboxylic acids is 1. The molecule has 0 bridgehead atoms. The molecule has 1 aromatic rings. The zero-order valence-electron chi connectivity index (χ0n) is 11.2. The third-order valence-electron chi connectivity index (χ3n) is 4.06. The van der Waals surface area contributed by atoms with Gasteiger partial charge in [0.15, 0.2) is 0 Å². The van der Waals surface area contributed by atoms with Crippen molar-refractivity contribution in [1.29, 1.82) is 0 Å². The molecule has 0 amide bonds. The molecule has 5 nitrogen and oxygen atoms in total. The first-order valence-corrected chi connectivity index (χ1v) is 7.78. The van der Waals surface area contributed by atoms with Gasteiger partial charge in [-0.1, -0.05) is 0 Å². The fraction of sp³-hybridized carbons (Fsp3) is 0.571. The lowest BCUT2D eigenvalue weighted by Crippen LogP contribution is -2.53. The number of nitrogens with zero attached hydrogens (tertiary/aromatic N) is 3. The second kappa shape index (κ2) is 5.69. The van der Waals surface area contributed by atoms with Crippen molar-refractivity contribution in [3.63, 3.8) is 0 Å². The van der Waals surface area contributed by atoms with Crippen LogP contribution in [0.15, 0.2) is 22.8 Å².